The van der Waals surface area contributed by atoms with Crippen LogP contribution in [0.5, 0.6) is 6.01 Å². The summed E-state index contributed by atoms with van der Waals surface area (Å²) in [7, 11) is 0. The van der Waals surface area contributed by atoms with Crippen LogP contribution in [0.2, 0.25) is 0 Å². The quantitative estimate of drug-likeness (QED) is 0.919. The second kappa shape index (κ2) is 4.25. The summed E-state index contributed by atoms with van der Waals surface area (Å²) in [6.07, 6.45) is 0.772. The third kappa shape index (κ3) is 1.82. The summed E-state index contributed by atoms with van der Waals surface area (Å²) in [4.78, 5) is 16.0. The van der Waals surface area contributed by atoms with Crippen LogP contribution in [-0.4, -0.2) is 14.7 Å². The molecule has 0 amide bonds. The Labute approximate surface area is 101 Å². The fraction of sp³-hybridized carbons (Fsp3) is 0.273. The van der Waals surface area contributed by atoms with Gasteiger partial charge in [0, 0.05) is 11.0 Å². The lowest BCUT2D eigenvalue weighted by atomic mass is 10.2. The van der Waals surface area contributed by atoms with Crippen LogP contribution in [0, 0.1) is 0 Å². The molecule has 0 unspecified atom stereocenters. The summed E-state index contributed by atoms with van der Waals surface area (Å²) < 4.78 is 2.11. The van der Waals surface area contributed by atoms with Gasteiger partial charge in [-0.2, -0.15) is 4.98 Å². The Hall–Kier alpha value is -1.36. The molecular formula is C11H11BrN2O2. The van der Waals surface area contributed by atoms with Crippen molar-refractivity contribution in [3.63, 3.8) is 0 Å². The van der Waals surface area contributed by atoms with Crippen molar-refractivity contribution in [3.05, 3.63) is 33.0 Å². The van der Waals surface area contributed by atoms with Gasteiger partial charge in [0.15, 0.2) is 0 Å². The van der Waals surface area contributed by atoms with Crippen LogP contribution >= 0.6 is 15.9 Å². The highest BCUT2D eigenvalue weighted by Gasteiger charge is 2.09. The Morgan fingerprint density at radius 1 is 1.50 bits per heavy atom. The molecule has 1 N–H and O–H groups in total. The summed E-state index contributed by atoms with van der Waals surface area (Å²) in [5, 5.41) is 10.1. The molecule has 1 aromatic carbocycles. The molecule has 0 saturated carbocycles. The van der Waals surface area contributed by atoms with E-state index in [-0.39, 0.29) is 11.6 Å². The second-order valence-electron chi connectivity index (χ2n) is 3.53. The maximum atomic E-state index is 12.0. The molecule has 84 valence electrons. The lowest BCUT2D eigenvalue weighted by Crippen LogP contribution is -2.21. The molecule has 0 aliphatic heterocycles. The number of halogens is 1. The van der Waals surface area contributed by atoms with Crippen molar-refractivity contribution in [1.29, 1.82) is 0 Å². The van der Waals surface area contributed by atoms with Gasteiger partial charge in [-0.15, -0.1) is 0 Å². The van der Waals surface area contributed by atoms with Crippen LogP contribution in [0.3, 0.4) is 0 Å². The van der Waals surface area contributed by atoms with Gasteiger partial charge in [-0.3, -0.25) is 9.36 Å². The normalized spacial score (nSPS) is 10.9. The molecule has 5 heteroatoms. The third-order valence-corrected chi connectivity index (χ3v) is 2.84. The highest BCUT2D eigenvalue weighted by molar-refractivity contribution is 9.10. The number of benzene rings is 1. The van der Waals surface area contributed by atoms with Crippen LogP contribution in [0.25, 0.3) is 10.9 Å². The summed E-state index contributed by atoms with van der Waals surface area (Å²) in [6, 6.07) is 4.99. The van der Waals surface area contributed by atoms with E-state index in [9.17, 15) is 9.90 Å². The Kier molecular flexibility index (Phi) is 2.96. The minimum atomic E-state index is -0.221. The van der Waals surface area contributed by atoms with Gasteiger partial charge in [-0.25, -0.2) is 0 Å². The van der Waals surface area contributed by atoms with E-state index in [1.807, 2.05) is 6.92 Å². The number of aromatic hydroxyl groups is 1. The van der Waals surface area contributed by atoms with Crippen LogP contribution in [0.4, 0.5) is 0 Å². The molecule has 0 bridgehead atoms. The Balaban J connectivity index is 2.80. The average molecular weight is 283 g/mol. The molecule has 1 heterocycles. The zero-order valence-corrected chi connectivity index (χ0v) is 10.4. The van der Waals surface area contributed by atoms with Gasteiger partial charge in [-0.1, -0.05) is 22.9 Å². The van der Waals surface area contributed by atoms with Crippen LogP contribution in [0.1, 0.15) is 13.3 Å². The van der Waals surface area contributed by atoms with Gasteiger partial charge >= 0.3 is 0 Å². The van der Waals surface area contributed by atoms with E-state index in [4.69, 9.17) is 0 Å². The molecule has 0 atom stereocenters. The molecular weight excluding hydrogens is 272 g/mol. The van der Waals surface area contributed by atoms with Crippen molar-refractivity contribution in [2.75, 3.05) is 0 Å². The van der Waals surface area contributed by atoms with Crippen LogP contribution in [-0.2, 0) is 6.54 Å². The van der Waals surface area contributed by atoms with Gasteiger partial charge in [-0.05, 0) is 24.6 Å². The van der Waals surface area contributed by atoms with E-state index in [2.05, 4.69) is 20.9 Å². The number of hydrogen-bond acceptors (Lipinski definition) is 3. The maximum Gasteiger partial charge on any atom is 0.297 e. The van der Waals surface area contributed by atoms with Crippen molar-refractivity contribution in [1.82, 2.24) is 9.55 Å². The number of hydrogen-bond donors (Lipinski definition) is 1. The van der Waals surface area contributed by atoms with Gasteiger partial charge in [0.25, 0.3) is 11.6 Å². The number of fused-ring (bicyclic) bond motifs is 1. The number of rotatable bonds is 2. The summed E-state index contributed by atoms with van der Waals surface area (Å²) in [5.41, 5.74) is 0.309. The van der Waals surface area contributed by atoms with E-state index >= 15 is 0 Å². The Morgan fingerprint density at radius 2 is 2.25 bits per heavy atom. The third-order valence-electron chi connectivity index (χ3n) is 2.34. The van der Waals surface area contributed by atoms with Gasteiger partial charge in [0.05, 0.1) is 10.9 Å². The molecule has 1 aromatic heterocycles. The lowest BCUT2D eigenvalue weighted by Gasteiger charge is -2.07. The average Bonchev–Trinajstić information content (AvgIpc) is 2.26. The minimum Gasteiger partial charge on any atom is -0.480 e. The zero-order chi connectivity index (χ0) is 11.7. The number of aromatic nitrogens is 2. The van der Waals surface area contributed by atoms with E-state index in [1.54, 1.807) is 18.2 Å². The molecule has 0 aliphatic carbocycles. The van der Waals surface area contributed by atoms with Crippen LogP contribution < -0.4 is 5.56 Å². The van der Waals surface area contributed by atoms with Gasteiger partial charge < -0.3 is 5.11 Å². The maximum absolute atomic E-state index is 12.0. The predicted octanol–water partition coefficient (Wildman–Crippen LogP) is 2.27. The first-order valence-corrected chi connectivity index (χ1v) is 5.82. The fourth-order valence-corrected chi connectivity index (χ4v) is 1.97. The molecule has 0 fully saturated rings. The Bertz CT molecular complexity index is 592. The molecule has 0 aliphatic rings. The summed E-state index contributed by atoms with van der Waals surface area (Å²) in [5.74, 6) is 0. The fourth-order valence-electron chi connectivity index (χ4n) is 1.61. The van der Waals surface area contributed by atoms with E-state index in [0.29, 0.717) is 17.4 Å². The molecule has 4 nitrogen and oxygen atoms in total. The molecule has 2 aromatic rings. The van der Waals surface area contributed by atoms with Gasteiger partial charge in [0.1, 0.15) is 0 Å². The first-order valence-electron chi connectivity index (χ1n) is 5.02. The lowest BCUT2D eigenvalue weighted by molar-refractivity contribution is 0.386. The summed E-state index contributed by atoms with van der Waals surface area (Å²) in [6.45, 7) is 2.41. The smallest absolute Gasteiger partial charge is 0.297 e. The summed E-state index contributed by atoms with van der Waals surface area (Å²) >= 11 is 3.31. The first kappa shape index (κ1) is 11.1. The first-order chi connectivity index (χ1) is 7.63. The van der Waals surface area contributed by atoms with Gasteiger partial charge in [0.2, 0.25) is 0 Å². The molecule has 16 heavy (non-hydrogen) atoms. The molecule has 0 saturated heterocycles. The molecule has 2 rings (SSSR count). The number of nitrogens with zero attached hydrogens (tertiary/aromatic N) is 2. The zero-order valence-electron chi connectivity index (χ0n) is 8.77. The van der Waals surface area contributed by atoms with Crippen molar-refractivity contribution >= 4 is 26.8 Å². The van der Waals surface area contributed by atoms with E-state index in [0.717, 1.165) is 10.9 Å². The monoisotopic (exact) mass is 282 g/mol. The van der Waals surface area contributed by atoms with Crippen molar-refractivity contribution < 1.29 is 5.11 Å². The minimum absolute atomic E-state index is 0.203. The predicted molar refractivity (Wildman–Crippen MR) is 65.7 cm³/mol. The standard InChI is InChI=1S/C11H11BrN2O2/c1-2-5-14-10(15)8-6-7(12)3-4-9(8)13-11(14)16/h3-4,6H,2,5H2,1H3,(H,13,16). The topological polar surface area (TPSA) is 55.1 Å². The van der Waals surface area contributed by atoms with Crippen molar-refractivity contribution in [2.24, 2.45) is 0 Å². The van der Waals surface area contributed by atoms with Crippen LogP contribution in [0.15, 0.2) is 27.5 Å². The van der Waals surface area contributed by atoms with E-state index in [1.165, 1.54) is 4.57 Å². The SMILES string of the molecule is CCCn1c(O)nc2ccc(Br)cc2c1=O. The highest BCUT2D eigenvalue weighted by atomic mass is 79.9. The van der Waals surface area contributed by atoms with E-state index < -0.39 is 0 Å². The largest absolute Gasteiger partial charge is 0.480 e. The van der Waals surface area contributed by atoms with Crippen molar-refractivity contribution in [3.8, 4) is 6.01 Å². The second-order valence-corrected chi connectivity index (χ2v) is 4.45. The Morgan fingerprint density at radius 3 is 2.94 bits per heavy atom. The molecule has 0 radical (unpaired) electrons. The molecule has 0 spiro atoms. The highest BCUT2D eigenvalue weighted by Crippen LogP contribution is 2.17. The van der Waals surface area contributed by atoms with Crippen molar-refractivity contribution in [2.45, 2.75) is 19.9 Å².